The van der Waals surface area contributed by atoms with Crippen LogP contribution in [0.2, 0.25) is 0 Å². The van der Waals surface area contributed by atoms with Gasteiger partial charge in [-0.05, 0) is 30.4 Å². The van der Waals surface area contributed by atoms with Crippen molar-refractivity contribution < 1.29 is 0 Å². The van der Waals surface area contributed by atoms with Crippen LogP contribution in [0.25, 0.3) is 0 Å². The van der Waals surface area contributed by atoms with Gasteiger partial charge in [0.1, 0.15) is 5.40 Å². The second-order valence-corrected chi connectivity index (χ2v) is 3.96. The third-order valence-electron chi connectivity index (χ3n) is 0.0816. The van der Waals surface area contributed by atoms with Crippen LogP contribution in [0.1, 0.15) is 0 Å². The molecule has 0 spiro atoms. The van der Waals surface area contributed by atoms with Crippen LogP contribution in [0.3, 0.4) is 0 Å². The summed E-state index contributed by atoms with van der Waals surface area (Å²) in [5, 5.41) is 9.44. The molecule has 0 rings (SSSR count). The first-order chi connectivity index (χ1) is 2.27. The molecule has 0 N–H and O–H groups in total. The van der Waals surface area contributed by atoms with Gasteiger partial charge in [0, 0.05) is 0 Å². The van der Waals surface area contributed by atoms with Gasteiger partial charge in [0.05, 0.1) is 0 Å². The van der Waals surface area contributed by atoms with Crippen molar-refractivity contribution in [2.45, 2.75) is 0 Å². The van der Waals surface area contributed by atoms with Crippen LogP contribution in [0, 0.1) is 10.7 Å². The lowest BCUT2D eigenvalue weighted by Crippen LogP contribution is -1.48. The van der Waals surface area contributed by atoms with E-state index in [1.54, 1.807) is 5.40 Å². The van der Waals surface area contributed by atoms with Gasteiger partial charge in [-0.1, -0.05) is 0 Å². The van der Waals surface area contributed by atoms with Crippen molar-refractivity contribution in [1.29, 1.82) is 5.26 Å². The summed E-state index contributed by atoms with van der Waals surface area (Å²) in [5.74, 6) is 0. The van der Waals surface area contributed by atoms with E-state index in [9.17, 15) is 0 Å². The molecule has 0 fully saturated rings. The first-order valence-corrected chi connectivity index (χ1v) is 4.18. The lowest BCUT2D eigenvalue weighted by Gasteiger charge is -1.46. The Kier molecular flexibility index (Phi) is 2.65. The van der Waals surface area contributed by atoms with Gasteiger partial charge in [-0.15, -0.1) is 0 Å². The van der Waals surface area contributed by atoms with Crippen LogP contribution >= 0.6 is 0 Å². The highest BCUT2D eigenvalue weighted by atomic mass is 33.1. The van der Waals surface area contributed by atoms with Crippen molar-refractivity contribution in [3.05, 3.63) is 0 Å². The zero-order valence-corrected chi connectivity index (χ0v) is 4.74. The average Bonchev–Trinajstić information content (AvgIpc) is 1.38. The van der Waals surface area contributed by atoms with Crippen molar-refractivity contribution in [2.24, 2.45) is 0 Å². The van der Waals surface area contributed by atoms with E-state index in [1.165, 1.54) is 0 Å². The van der Waals surface area contributed by atoms with Crippen LogP contribution in [0.4, 0.5) is 0 Å². The van der Waals surface area contributed by atoms with Gasteiger partial charge in [0.2, 0.25) is 0 Å². The summed E-state index contributed by atoms with van der Waals surface area (Å²) in [6, 6.07) is 0. The summed E-state index contributed by atoms with van der Waals surface area (Å²) in [4.78, 5) is 0. The summed E-state index contributed by atoms with van der Waals surface area (Å²) in [6.45, 7) is 0. The Bertz CT molecular complexity index is 107. The molecule has 0 atom stereocenters. The van der Waals surface area contributed by atoms with Gasteiger partial charge in [0.25, 0.3) is 0 Å². The Hall–Kier alpha value is 0.280. The lowest BCUT2D eigenvalue weighted by molar-refractivity contribution is 1.57. The van der Waals surface area contributed by atoms with Crippen LogP contribution in [-0.2, 0) is 30.4 Å². The highest BCUT2D eigenvalue weighted by molar-refractivity contribution is 8.48. The molecule has 0 radical (unpaired) electrons. The van der Waals surface area contributed by atoms with E-state index in [2.05, 4.69) is 22.4 Å². The fourth-order valence-electron chi connectivity index (χ4n) is 0. The Morgan fingerprint density at radius 1 is 1.60 bits per heavy atom. The van der Waals surface area contributed by atoms with Crippen LogP contribution in [0.15, 0.2) is 0 Å². The molecule has 0 bridgehead atoms. The molecular formula is CHNS3. The molecule has 0 saturated carbocycles. The molecule has 1 nitrogen and oxygen atoms in total. The maximum Gasteiger partial charge on any atom is 0.138 e. The Balaban J connectivity index is 3.88. The molecule has 0 amide bonds. The van der Waals surface area contributed by atoms with Crippen molar-refractivity contribution in [3.63, 3.8) is 0 Å². The van der Waals surface area contributed by atoms with Crippen molar-refractivity contribution in [1.82, 2.24) is 0 Å². The average molecular weight is 123 g/mol. The molecule has 0 aromatic heterocycles. The van der Waals surface area contributed by atoms with Gasteiger partial charge in [0.15, 0.2) is 0 Å². The summed E-state index contributed by atoms with van der Waals surface area (Å²) >= 11 is 8.60. The fourth-order valence-corrected chi connectivity index (χ4v) is 0. The minimum atomic E-state index is -1.13. The minimum absolute atomic E-state index is 1.13. The monoisotopic (exact) mass is 123 g/mol. The van der Waals surface area contributed by atoms with E-state index in [1.807, 2.05) is 0 Å². The number of rotatable bonds is 0. The third-order valence-corrected chi connectivity index (χ3v) is 0.735. The largest absolute Gasteiger partial charge is 0.185 e. The topological polar surface area (TPSA) is 23.8 Å². The summed E-state index contributed by atoms with van der Waals surface area (Å²) in [5.41, 5.74) is 0. The third kappa shape index (κ3) is 4.28. The van der Waals surface area contributed by atoms with Crippen molar-refractivity contribution in [3.8, 4) is 5.40 Å². The van der Waals surface area contributed by atoms with Gasteiger partial charge < -0.3 is 0 Å². The smallest absolute Gasteiger partial charge is 0.138 e. The highest BCUT2D eigenvalue weighted by Gasteiger charge is 1.50. The van der Waals surface area contributed by atoms with E-state index in [-0.39, 0.29) is 0 Å². The van der Waals surface area contributed by atoms with Crippen LogP contribution in [0.5, 0.6) is 0 Å². The highest BCUT2D eigenvalue weighted by Crippen LogP contribution is 1.48. The zero-order valence-electron chi connectivity index (χ0n) is 2.21. The standard InChI is InChI=1S/CHNS3/c2-1-5(3)4/h5H. The minimum Gasteiger partial charge on any atom is -0.185 e. The molecular weight excluding hydrogens is 122 g/mol. The second-order valence-electron chi connectivity index (χ2n) is 0.357. The maximum atomic E-state index is 7.71. The van der Waals surface area contributed by atoms with Crippen molar-refractivity contribution in [2.75, 3.05) is 0 Å². The molecule has 0 aromatic carbocycles. The van der Waals surface area contributed by atoms with Crippen LogP contribution < -0.4 is 0 Å². The van der Waals surface area contributed by atoms with E-state index in [4.69, 9.17) is 5.26 Å². The number of hydrogen-bond donors (Lipinski definition) is 1. The molecule has 0 aromatic rings. The molecule has 0 aliphatic rings. The molecule has 0 unspecified atom stereocenters. The Morgan fingerprint density at radius 3 is 1.80 bits per heavy atom. The number of nitrogens with zero attached hydrogens (tertiary/aromatic N) is 1. The summed E-state index contributed by atoms with van der Waals surface area (Å²) in [7, 11) is -1.13. The second kappa shape index (κ2) is 2.51. The van der Waals surface area contributed by atoms with E-state index in [0.717, 1.165) is 0 Å². The van der Waals surface area contributed by atoms with Gasteiger partial charge >= 0.3 is 0 Å². The maximum absolute atomic E-state index is 7.71. The number of thiocyanates is 1. The van der Waals surface area contributed by atoms with E-state index in [0.29, 0.717) is 0 Å². The van der Waals surface area contributed by atoms with Crippen molar-refractivity contribution >= 4 is 30.4 Å². The first kappa shape index (κ1) is 5.28. The molecule has 0 saturated heterocycles. The molecule has 4 heteroatoms. The molecule has 0 aliphatic carbocycles. The Morgan fingerprint density at radius 2 is 1.80 bits per heavy atom. The first-order valence-electron chi connectivity index (χ1n) is 0.812. The van der Waals surface area contributed by atoms with Gasteiger partial charge in [-0.2, -0.15) is 5.26 Å². The fraction of sp³-hybridized carbons (Fsp3) is 0. The SMILES string of the molecule is N#C[SH](=S)=S. The summed E-state index contributed by atoms with van der Waals surface area (Å²) in [6.07, 6.45) is 0. The molecule has 0 heterocycles. The predicted octanol–water partition coefficient (Wildman–Crippen LogP) is -0.258. The zero-order chi connectivity index (χ0) is 4.28. The van der Waals surface area contributed by atoms with Gasteiger partial charge in [-0.25, -0.2) is 0 Å². The van der Waals surface area contributed by atoms with Crippen LogP contribution in [-0.4, -0.2) is 0 Å². The quantitative estimate of drug-likeness (QED) is 0.355. The van der Waals surface area contributed by atoms with E-state index >= 15 is 0 Å². The summed E-state index contributed by atoms with van der Waals surface area (Å²) < 4.78 is 0. The van der Waals surface area contributed by atoms with E-state index < -0.39 is 8.01 Å². The number of thiol groups is 1. The molecule has 5 heavy (non-hydrogen) atoms. The normalized spacial score (nSPS) is 7.20. The lowest BCUT2D eigenvalue weighted by atomic mass is 11.8. The number of nitriles is 1. The predicted molar refractivity (Wildman–Crippen MR) is 29.1 cm³/mol. The molecule has 0 aliphatic heterocycles. The molecule has 28 valence electrons. The number of hydrogen-bond acceptors (Lipinski definition) is 3. The Labute approximate surface area is 41.4 Å². The van der Waals surface area contributed by atoms with Gasteiger partial charge in [-0.3, -0.25) is 0 Å².